The SMILES string of the molecule is CN(CCC(C)(C)O)C(=O)C1CCC(=O)N(Cc2ccc(Cl)cc2)C1. The second-order valence-corrected chi connectivity index (χ2v) is 7.89. The molecule has 25 heavy (non-hydrogen) atoms. The van der Waals surface area contributed by atoms with Crippen LogP contribution >= 0.6 is 11.6 Å². The van der Waals surface area contributed by atoms with Crippen molar-refractivity contribution in [3.8, 4) is 0 Å². The summed E-state index contributed by atoms with van der Waals surface area (Å²) in [5.41, 5.74) is 0.207. The van der Waals surface area contributed by atoms with Gasteiger partial charge < -0.3 is 14.9 Å². The van der Waals surface area contributed by atoms with Crippen molar-refractivity contribution in [2.75, 3.05) is 20.1 Å². The van der Waals surface area contributed by atoms with E-state index in [1.807, 2.05) is 12.1 Å². The van der Waals surface area contributed by atoms with Gasteiger partial charge >= 0.3 is 0 Å². The van der Waals surface area contributed by atoms with Gasteiger partial charge in [0.2, 0.25) is 11.8 Å². The Morgan fingerprint density at radius 2 is 2.00 bits per heavy atom. The van der Waals surface area contributed by atoms with E-state index >= 15 is 0 Å². The predicted molar refractivity (Wildman–Crippen MR) is 98.1 cm³/mol. The summed E-state index contributed by atoms with van der Waals surface area (Å²) >= 11 is 5.90. The van der Waals surface area contributed by atoms with Gasteiger partial charge in [-0.3, -0.25) is 9.59 Å². The number of carbonyl (C=O) groups is 2. The van der Waals surface area contributed by atoms with Gasteiger partial charge in [-0.05, 0) is 44.4 Å². The first-order chi connectivity index (χ1) is 11.7. The summed E-state index contributed by atoms with van der Waals surface area (Å²) in [6.07, 6.45) is 1.50. The minimum Gasteiger partial charge on any atom is -0.390 e. The van der Waals surface area contributed by atoms with Gasteiger partial charge in [0.15, 0.2) is 0 Å². The van der Waals surface area contributed by atoms with Crippen molar-refractivity contribution in [1.82, 2.24) is 9.80 Å². The fourth-order valence-corrected chi connectivity index (χ4v) is 3.07. The van der Waals surface area contributed by atoms with Gasteiger partial charge in [-0.2, -0.15) is 0 Å². The van der Waals surface area contributed by atoms with Gasteiger partial charge in [0.25, 0.3) is 0 Å². The van der Waals surface area contributed by atoms with E-state index in [4.69, 9.17) is 11.6 Å². The van der Waals surface area contributed by atoms with Gasteiger partial charge in [0, 0.05) is 38.1 Å². The molecule has 1 unspecified atom stereocenters. The average molecular weight is 367 g/mol. The highest BCUT2D eigenvalue weighted by molar-refractivity contribution is 6.30. The molecule has 1 saturated heterocycles. The molecule has 0 bridgehead atoms. The Morgan fingerprint density at radius 3 is 2.60 bits per heavy atom. The van der Waals surface area contributed by atoms with Crippen LogP contribution in [-0.4, -0.2) is 52.5 Å². The number of nitrogens with zero attached hydrogens (tertiary/aromatic N) is 2. The highest BCUT2D eigenvalue weighted by Gasteiger charge is 2.32. The number of piperidine rings is 1. The summed E-state index contributed by atoms with van der Waals surface area (Å²) in [5.74, 6) is -0.0622. The van der Waals surface area contributed by atoms with E-state index in [2.05, 4.69) is 0 Å². The smallest absolute Gasteiger partial charge is 0.227 e. The van der Waals surface area contributed by atoms with Crippen LogP contribution in [0.2, 0.25) is 5.02 Å². The van der Waals surface area contributed by atoms with Crippen LogP contribution in [0, 0.1) is 5.92 Å². The van der Waals surface area contributed by atoms with Crippen LogP contribution in [0.15, 0.2) is 24.3 Å². The van der Waals surface area contributed by atoms with Crippen molar-refractivity contribution in [1.29, 1.82) is 0 Å². The maximum atomic E-state index is 12.7. The third-order valence-corrected chi connectivity index (χ3v) is 4.82. The fraction of sp³-hybridized carbons (Fsp3) is 0.579. The van der Waals surface area contributed by atoms with E-state index in [1.54, 1.807) is 42.8 Å². The Labute approximate surface area is 154 Å². The topological polar surface area (TPSA) is 60.9 Å². The summed E-state index contributed by atoms with van der Waals surface area (Å²) in [6, 6.07) is 7.41. The molecule has 1 aliphatic rings. The van der Waals surface area contributed by atoms with Crippen molar-refractivity contribution in [3.63, 3.8) is 0 Å². The number of hydrogen-bond acceptors (Lipinski definition) is 3. The standard InChI is InChI=1S/C19H27ClN2O3/c1-19(2,25)10-11-21(3)18(24)15-6-9-17(23)22(13-15)12-14-4-7-16(20)8-5-14/h4-5,7-8,15,25H,6,9-13H2,1-3H3. The third-order valence-electron chi connectivity index (χ3n) is 4.57. The molecule has 0 aliphatic carbocycles. The van der Waals surface area contributed by atoms with E-state index in [9.17, 15) is 14.7 Å². The van der Waals surface area contributed by atoms with Crippen molar-refractivity contribution >= 4 is 23.4 Å². The van der Waals surface area contributed by atoms with Crippen LogP contribution < -0.4 is 0 Å². The molecular weight excluding hydrogens is 340 g/mol. The van der Waals surface area contributed by atoms with Crippen molar-refractivity contribution in [2.24, 2.45) is 5.92 Å². The van der Waals surface area contributed by atoms with Gasteiger partial charge in [-0.25, -0.2) is 0 Å². The lowest BCUT2D eigenvalue weighted by atomic mass is 9.95. The molecule has 2 amide bonds. The number of amides is 2. The van der Waals surface area contributed by atoms with Gasteiger partial charge in [-0.1, -0.05) is 23.7 Å². The quantitative estimate of drug-likeness (QED) is 0.842. The molecule has 0 radical (unpaired) electrons. The molecule has 1 aromatic carbocycles. The summed E-state index contributed by atoms with van der Waals surface area (Å²) in [7, 11) is 1.76. The second kappa shape index (κ2) is 8.19. The average Bonchev–Trinajstić information content (AvgIpc) is 2.55. The van der Waals surface area contributed by atoms with Crippen molar-refractivity contribution in [2.45, 2.75) is 45.3 Å². The minimum absolute atomic E-state index is 0.0397. The maximum Gasteiger partial charge on any atom is 0.227 e. The minimum atomic E-state index is -0.794. The molecule has 0 saturated carbocycles. The molecular formula is C19H27ClN2O3. The van der Waals surface area contributed by atoms with Crippen LogP contribution in [0.1, 0.15) is 38.7 Å². The zero-order valence-electron chi connectivity index (χ0n) is 15.2. The van der Waals surface area contributed by atoms with Crippen LogP contribution in [0.25, 0.3) is 0 Å². The summed E-state index contributed by atoms with van der Waals surface area (Å²) in [6.45, 7) is 4.90. The summed E-state index contributed by atoms with van der Waals surface area (Å²) in [4.78, 5) is 28.3. The van der Waals surface area contributed by atoms with Crippen molar-refractivity contribution < 1.29 is 14.7 Å². The monoisotopic (exact) mass is 366 g/mol. The fourth-order valence-electron chi connectivity index (χ4n) is 2.94. The summed E-state index contributed by atoms with van der Waals surface area (Å²) in [5, 5.41) is 10.5. The number of likely N-dealkylation sites (tertiary alicyclic amines) is 1. The van der Waals surface area contributed by atoms with E-state index in [0.717, 1.165) is 5.56 Å². The number of carbonyl (C=O) groups excluding carboxylic acids is 2. The number of benzene rings is 1. The van der Waals surface area contributed by atoms with E-state index in [1.165, 1.54) is 0 Å². The molecule has 6 heteroatoms. The Kier molecular flexibility index (Phi) is 6.47. The van der Waals surface area contributed by atoms with Gasteiger partial charge in [0.1, 0.15) is 0 Å². The molecule has 0 spiro atoms. The molecule has 1 fully saturated rings. The Bertz CT molecular complexity index is 610. The lowest BCUT2D eigenvalue weighted by molar-refractivity contribution is -0.143. The Morgan fingerprint density at radius 1 is 1.36 bits per heavy atom. The van der Waals surface area contributed by atoms with Gasteiger partial charge in [0.05, 0.1) is 11.5 Å². The van der Waals surface area contributed by atoms with E-state index in [-0.39, 0.29) is 17.7 Å². The third kappa shape index (κ3) is 6.01. The van der Waals surface area contributed by atoms with Crippen LogP contribution in [0.3, 0.4) is 0 Å². The molecule has 138 valence electrons. The van der Waals surface area contributed by atoms with E-state index in [0.29, 0.717) is 43.9 Å². The molecule has 1 atom stereocenters. The molecule has 0 aromatic heterocycles. The normalized spacial score (nSPS) is 18.4. The molecule has 1 aromatic rings. The first-order valence-corrected chi connectivity index (χ1v) is 9.03. The number of aliphatic hydroxyl groups is 1. The second-order valence-electron chi connectivity index (χ2n) is 7.46. The van der Waals surface area contributed by atoms with Crippen molar-refractivity contribution in [3.05, 3.63) is 34.9 Å². The molecule has 1 aliphatic heterocycles. The largest absolute Gasteiger partial charge is 0.390 e. The number of halogens is 1. The number of hydrogen-bond donors (Lipinski definition) is 1. The molecule has 5 nitrogen and oxygen atoms in total. The molecule has 1 heterocycles. The lowest BCUT2D eigenvalue weighted by Crippen LogP contribution is -2.46. The maximum absolute atomic E-state index is 12.7. The zero-order chi connectivity index (χ0) is 18.6. The first-order valence-electron chi connectivity index (χ1n) is 8.65. The highest BCUT2D eigenvalue weighted by Crippen LogP contribution is 2.22. The van der Waals surface area contributed by atoms with E-state index < -0.39 is 5.60 Å². The first kappa shape index (κ1) is 19.7. The lowest BCUT2D eigenvalue weighted by Gasteiger charge is -2.34. The van der Waals surface area contributed by atoms with Crippen LogP contribution in [0.5, 0.6) is 0 Å². The molecule has 2 rings (SSSR count). The van der Waals surface area contributed by atoms with Gasteiger partial charge in [-0.15, -0.1) is 0 Å². The van der Waals surface area contributed by atoms with Crippen LogP contribution in [-0.2, 0) is 16.1 Å². The zero-order valence-corrected chi connectivity index (χ0v) is 15.9. The Balaban J connectivity index is 1.95. The van der Waals surface area contributed by atoms with Crippen LogP contribution in [0.4, 0.5) is 0 Å². The summed E-state index contributed by atoms with van der Waals surface area (Å²) < 4.78 is 0. The number of rotatable bonds is 6. The highest BCUT2D eigenvalue weighted by atomic mass is 35.5. The Hall–Kier alpha value is -1.59. The predicted octanol–water partition coefficient (Wildman–Crippen LogP) is 2.70. The molecule has 1 N–H and O–H groups in total.